The molecule has 0 heterocycles. The molecule has 0 aliphatic carbocycles. The first-order valence-electron chi connectivity index (χ1n) is 10.9. The molecule has 4 aromatic rings. The van der Waals surface area contributed by atoms with Gasteiger partial charge < -0.3 is 21.3 Å². The summed E-state index contributed by atoms with van der Waals surface area (Å²) in [6.45, 7) is 4.53. The predicted molar refractivity (Wildman–Crippen MR) is 142 cm³/mol. The maximum absolute atomic E-state index is 11.6. The quantitative estimate of drug-likeness (QED) is 0.210. The van der Waals surface area contributed by atoms with E-state index in [-0.39, 0.29) is 5.91 Å². The fourth-order valence-electron chi connectivity index (χ4n) is 3.95. The average Bonchev–Trinajstić information content (AvgIpc) is 2.79. The van der Waals surface area contributed by atoms with Crippen molar-refractivity contribution in [2.45, 2.75) is 6.92 Å². The van der Waals surface area contributed by atoms with Crippen LogP contribution in [0.4, 0.5) is 17.1 Å². The second-order valence-electron chi connectivity index (χ2n) is 7.75. The number of rotatable bonds is 9. The highest BCUT2D eigenvalue weighted by Gasteiger charge is 2.09. The largest absolute Gasteiger partial charge is 0.383 e. The number of carbonyl (C=O) groups excluding carboxylic acids is 1. The van der Waals surface area contributed by atoms with Crippen LogP contribution in [0.3, 0.4) is 0 Å². The van der Waals surface area contributed by atoms with Crippen molar-refractivity contribution in [3.05, 3.63) is 76.8 Å². The molecule has 0 bridgehead atoms. The van der Waals surface area contributed by atoms with Gasteiger partial charge in [0.25, 0.3) is 0 Å². The Morgan fingerprint density at radius 1 is 0.697 bits per heavy atom. The lowest BCUT2D eigenvalue weighted by Gasteiger charge is -2.15. The van der Waals surface area contributed by atoms with Crippen molar-refractivity contribution in [2.24, 2.45) is 0 Å². The molecule has 0 spiro atoms. The Labute approximate surface area is 203 Å². The van der Waals surface area contributed by atoms with Gasteiger partial charge in [0.1, 0.15) is 0 Å². The summed E-state index contributed by atoms with van der Waals surface area (Å²) >= 11 is 12.8. The van der Waals surface area contributed by atoms with Crippen LogP contribution in [0.1, 0.15) is 6.92 Å². The van der Waals surface area contributed by atoms with Gasteiger partial charge >= 0.3 is 0 Å². The molecule has 170 valence electrons. The number of halogens is 2. The fraction of sp³-hybridized carbons (Fsp3) is 0.192. The van der Waals surface area contributed by atoms with E-state index in [0.29, 0.717) is 16.6 Å². The molecule has 7 heteroatoms. The highest BCUT2D eigenvalue weighted by Crippen LogP contribution is 2.35. The van der Waals surface area contributed by atoms with Crippen molar-refractivity contribution >= 4 is 67.7 Å². The molecule has 4 aromatic carbocycles. The van der Waals surface area contributed by atoms with Gasteiger partial charge in [0.2, 0.25) is 5.91 Å². The molecule has 0 saturated heterocycles. The summed E-state index contributed by atoms with van der Waals surface area (Å²) in [5.74, 6) is -0.0842. The average molecular weight is 481 g/mol. The fourth-order valence-corrected chi connectivity index (χ4v) is 4.45. The smallest absolute Gasteiger partial charge is 0.221 e. The lowest BCUT2D eigenvalue weighted by Crippen LogP contribution is -2.27. The second-order valence-corrected chi connectivity index (χ2v) is 8.57. The Bertz CT molecular complexity index is 1290. The maximum atomic E-state index is 11.6. The highest BCUT2D eigenvalue weighted by atomic mass is 35.5. The van der Waals surface area contributed by atoms with E-state index in [1.807, 2.05) is 66.7 Å². The SMILES string of the molecule is CC(=O)Nc1cccc2cccc(NCCNCCNc3c(Cl)ccc4cccc(Cl)c34)c12. The number of benzene rings is 4. The lowest BCUT2D eigenvalue weighted by atomic mass is 10.1. The molecule has 5 nitrogen and oxygen atoms in total. The Morgan fingerprint density at radius 3 is 2.06 bits per heavy atom. The van der Waals surface area contributed by atoms with Gasteiger partial charge in [0.15, 0.2) is 0 Å². The molecule has 4 rings (SSSR count). The standard InChI is InChI=1S/C26H26Cl2N4O/c1-17(33)32-23-10-4-7-18-6-3-9-22(25(18)23)30-15-13-29-14-16-31-26-21(28)12-11-19-5-2-8-20(27)24(19)26/h2-12,29-31H,13-16H2,1H3,(H,32,33). The predicted octanol–water partition coefficient (Wildman–Crippen LogP) is 6.37. The van der Waals surface area contributed by atoms with Gasteiger partial charge in [-0.05, 0) is 35.0 Å². The number of hydrogen-bond acceptors (Lipinski definition) is 4. The monoisotopic (exact) mass is 480 g/mol. The number of carbonyl (C=O) groups is 1. The van der Waals surface area contributed by atoms with Gasteiger partial charge in [-0.1, -0.05) is 65.7 Å². The molecule has 0 saturated carbocycles. The van der Waals surface area contributed by atoms with Crippen molar-refractivity contribution in [3.63, 3.8) is 0 Å². The molecule has 0 atom stereocenters. The summed E-state index contributed by atoms with van der Waals surface area (Å²) < 4.78 is 0. The Morgan fingerprint density at radius 2 is 1.33 bits per heavy atom. The van der Waals surface area contributed by atoms with Gasteiger partial charge in [-0.15, -0.1) is 0 Å². The zero-order chi connectivity index (χ0) is 23.2. The minimum absolute atomic E-state index is 0.0842. The Balaban J connectivity index is 1.31. The summed E-state index contributed by atoms with van der Waals surface area (Å²) in [6.07, 6.45) is 0. The van der Waals surface area contributed by atoms with Crippen molar-refractivity contribution in [2.75, 3.05) is 42.1 Å². The van der Waals surface area contributed by atoms with Crippen LogP contribution in [0.15, 0.2) is 66.7 Å². The lowest BCUT2D eigenvalue weighted by molar-refractivity contribution is -0.114. The Hall–Kier alpha value is -2.99. The highest BCUT2D eigenvalue weighted by molar-refractivity contribution is 6.40. The van der Waals surface area contributed by atoms with Crippen LogP contribution in [0.25, 0.3) is 21.5 Å². The summed E-state index contributed by atoms with van der Waals surface area (Å²) in [6, 6.07) is 21.7. The molecular formula is C26H26Cl2N4O. The van der Waals surface area contributed by atoms with E-state index < -0.39 is 0 Å². The zero-order valence-electron chi connectivity index (χ0n) is 18.3. The summed E-state index contributed by atoms with van der Waals surface area (Å²) in [7, 11) is 0. The van der Waals surface area contributed by atoms with Gasteiger partial charge in [-0.25, -0.2) is 0 Å². The first-order valence-corrected chi connectivity index (χ1v) is 11.6. The van der Waals surface area contributed by atoms with Gasteiger partial charge in [0.05, 0.1) is 21.4 Å². The van der Waals surface area contributed by atoms with Crippen LogP contribution in [0.5, 0.6) is 0 Å². The molecule has 1 amide bonds. The molecule has 0 aliphatic rings. The molecular weight excluding hydrogens is 455 g/mol. The molecule has 4 N–H and O–H groups in total. The maximum Gasteiger partial charge on any atom is 0.221 e. The van der Waals surface area contributed by atoms with Gasteiger partial charge in [0, 0.05) is 49.6 Å². The van der Waals surface area contributed by atoms with E-state index in [1.165, 1.54) is 6.92 Å². The molecule has 0 aliphatic heterocycles. The second kappa shape index (κ2) is 10.8. The van der Waals surface area contributed by atoms with Crippen molar-refractivity contribution in [1.82, 2.24) is 5.32 Å². The van der Waals surface area contributed by atoms with E-state index >= 15 is 0 Å². The molecule has 33 heavy (non-hydrogen) atoms. The van der Waals surface area contributed by atoms with E-state index in [1.54, 1.807) is 0 Å². The van der Waals surface area contributed by atoms with Crippen LogP contribution in [-0.2, 0) is 4.79 Å². The third-order valence-corrected chi connectivity index (χ3v) is 6.01. The summed E-state index contributed by atoms with van der Waals surface area (Å²) in [5.41, 5.74) is 2.67. The van der Waals surface area contributed by atoms with Gasteiger partial charge in [-0.2, -0.15) is 0 Å². The zero-order valence-corrected chi connectivity index (χ0v) is 19.9. The van der Waals surface area contributed by atoms with E-state index in [0.717, 1.165) is 58.2 Å². The number of hydrogen-bond donors (Lipinski definition) is 4. The van der Waals surface area contributed by atoms with Gasteiger partial charge in [-0.3, -0.25) is 4.79 Å². The number of anilines is 3. The number of fused-ring (bicyclic) bond motifs is 2. The van der Waals surface area contributed by atoms with Crippen LogP contribution in [-0.4, -0.2) is 32.1 Å². The van der Waals surface area contributed by atoms with E-state index in [2.05, 4.69) is 21.3 Å². The van der Waals surface area contributed by atoms with E-state index in [4.69, 9.17) is 23.2 Å². The summed E-state index contributed by atoms with van der Waals surface area (Å²) in [5, 5.41) is 18.7. The first kappa shape index (κ1) is 23.2. The van der Waals surface area contributed by atoms with Crippen LogP contribution >= 0.6 is 23.2 Å². The minimum atomic E-state index is -0.0842. The third kappa shape index (κ3) is 5.50. The van der Waals surface area contributed by atoms with Crippen LogP contribution in [0.2, 0.25) is 10.0 Å². The number of nitrogens with one attached hydrogen (secondary N) is 4. The van der Waals surface area contributed by atoms with Crippen molar-refractivity contribution in [1.29, 1.82) is 0 Å². The topological polar surface area (TPSA) is 65.2 Å². The molecule has 0 radical (unpaired) electrons. The van der Waals surface area contributed by atoms with Crippen molar-refractivity contribution < 1.29 is 4.79 Å². The van der Waals surface area contributed by atoms with Crippen molar-refractivity contribution in [3.8, 4) is 0 Å². The molecule has 0 fully saturated rings. The van der Waals surface area contributed by atoms with Crippen LogP contribution < -0.4 is 21.3 Å². The third-order valence-electron chi connectivity index (χ3n) is 5.38. The first-order chi connectivity index (χ1) is 16.0. The van der Waals surface area contributed by atoms with Crippen LogP contribution in [0, 0.1) is 0 Å². The van der Waals surface area contributed by atoms with E-state index in [9.17, 15) is 4.79 Å². The normalized spacial score (nSPS) is 11.0. The number of amides is 1. The summed E-state index contributed by atoms with van der Waals surface area (Å²) in [4.78, 5) is 11.6. The Kier molecular flexibility index (Phi) is 7.55. The minimum Gasteiger partial charge on any atom is -0.383 e. The molecule has 0 aromatic heterocycles. The molecule has 0 unspecified atom stereocenters.